The van der Waals surface area contributed by atoms with Gasteiger partial charge in [0.05, 0.1) is 37.9 Å². The SMILES string of the molecule is COc1cc(/C=C2\SC(=O)N(c3cccc(C(=O)[O-])c3)C2=O)cc(OC)c1OC. The largest absolute Gasteiger partial charge is 0.545 e. The van der Waals surface area contributed by atoms with Crippen LogP contribution in [-0.4, -0.2) is 38.4 Å². The van der Waals surface area contributed by atoms with Crippen molar-refractivity contribution in [2.24, 2.45) is 0 Å². The lowest BCUT2D eigenvalue weighted by molar-refractivity contribution is -0.255. The summed E-state index contributed by atoms with van der Waals surface area (Å²) in [4.78, 5) is 37.4. The number of thioether (sulfide) groups is 1. The smallest absolute Gasteiger partial charge is 0.298 e. The number of rotatable bonds is 6. The second kappa shape index (κ2) is 8.27. The molecule has 29 heavy (non-hydrogen) atoms. The maximum atomic E-state index is 12.8. The predicted octanol–water partition coefficient (Wildman–Crippen LogP) is 2.32. The van der Waals surface area contributed by atoms with Crippen LogP contribution >= 0.6 is 11.8 Å². The summed E-state index contributed by atoms with van der Waals surface area (Å²) in [7, 11) is 4.42. The Kier molecular flexibility index (Phi) is 5.79. The lowest BCUT2D eigenvalue weighted by atomic mass is 10.1. The molecule has 1 aliphatic rings. The van der Waals surface area contributed by atoms with Gasteiger partial charge in [0, 0.05) is 0 Å². The van der Waals surface area contributed by atoms with Gasteiger partial charge in [-0.25, -0.2) is 4.90 Å². The van der Waals surface area contributed by atoms with E-state index in [9.17, 15) is 19.5 Å². The van der Waals surface area contributed by atoms with Gasteiger partial charge in [-0.3, -0.25) is 9.59 Å². The number of carbonyl (C=O) groups excluding carboxylic acids is 3. The number of nitrogens with zero attached hydrogens (tertiary/aromatic N) is 1. The van der Waals surface area contributed by atoms with Crippen LogP contribution in [0.15, 0.2) is 41.3 Å². The standard InChI is InChI=1S/C20H17NO7S/c1-26-14-7-11(8-15(27-2)17(14)28-3)9-16-18(22)21(20(25)29-16)13-6-4-5-12(10-13)19(23)24/h4-10H,1-3H3,(H,23,24)/p-1/b16-9-. The fourth-order valence-electron chi connectivity index (χ4n) is 2.80. The average molecular weight is 414 g/mol. The molecular weight excluding hydrogens is 398 g/mol. The van der Waals surface area contributed by atoms with E-state index in [0.717, 1.165) is 16.7 Å². The summed E-state index contributed by atoms with van der Waals surface area (Å²) >= 11 is 0.745. The number of hydrogen-bond donors (Lipinski definition) is 0. The van der Waals surface area contributed by atoms with Crippen LogP contribution < -0.4 is 24.2 Å². The highest BCUT2D eigenvalue weighted by Crippen LogP contribution is 2.41. The quantitative estimate of drug-likeness (QED) is 0.663. The zero-order valence-corrected chi connectivity index (χ0v) is 16.6. The Morgan fingerprint density at radius 2 is 1.69 bits per heavy atom. The number of ether oxygens (including phenoxy) is 3. The number of methoxy groups -OCH3 is 3. The van der Waals surface area contributed by atoms with E-state index in [1.165, 1.54) is 51.7 Å². The van der Waals surface area contributed by atoms with Gasteiger partial charge in [0.2, 0.25) is 5.75 Å². The maximum absolute atomic E-state index is 12.8. The van der Waals surface area contributed by atoms with Crippen molar-refractivity contribution in [3.05, 3.63) is 52.4 Å². The lowest BCUT2D eigenvalue weighted by Gasteiger charge is -2.14. The number of amides is 2. The van der Waals surface area contributed by atoms with Crippen LogP contribution in [0.4, 0.5) is 10.5 Å². The van der Waals surface area contributed by atoms with E-state index in [1.807, 2.05) is 0 Å². The summed E-state index contributed by atoms with van der Waals surface area (Å²) in [6, 6.07) is 8.74. The lowest BCUT2D eigenvalue weighted by Crippen LogP contribution is -2.28. The van der Waals surface area contributed by atoms with Gasteiger partial charge in [-0.05, 0) is 53.2 Å². The van der Waals surface area contributed by atoms with E-state index < -0.39 is 17.1 Å². The van der Waals surface area contributed by atoms with Crippen molar-refractivity contribution in [3.8, 4) is 17.2 Å². The maximum Gasteiger partial charge on any atom is 0.298 e. The molecule has 0 aliphatic carbocycles. The van der Waals surface area contributed by atoms with Crippen LogP contribution in [0.1, 0.15) is 15.9 Å². The van der Waals surface area contributed by atoms with Crippen molar-refractivity contribution >= 4 is 40.6 Å². The van der Waals surface area contributed by atoms with Gasteiger partial charge in [0.1, 0.15) is 0 Å². The number of benzene rings is 2. The number of anilines is 1. The van der Waals surface area contributed by atoms with Crippen LogP contribution in [-0.2, 0) is 4.79 Å². The van der Waals surface area contributed by atoms with Gasteiger partial charge in [-0.15, -0.1) is 0 Å². The van der Waals surface area contributed by atoms with Crippen molar-refractivity contribution < 1.29 is 33.7 Å². The fourth-order valence-corrected chi connectivity index (χ4v) is 3.64. The first-order chi connectivity index (χ1) is 13.9. The van der Waals surface area contributed by atoms with Gasteiger partial charge in [-0.2, -0.15) is 0 Å². The van der Waals surface area contributed by atoms with Gasteiger partial charge in [0.25, 0.3) is 11.1 Å². The first kappa shape index (κ1) is 20.3. The number of imide groups is 1. The Morgan fingerprint density at radius 3 is 2.24 bits per heavy atom. The molecule has 2 aromatic rings. The minimum atomic E-state index is -1.40. The molecule has 1 fully saturated rings. The van der Waals surface area contributed by atoms with Crippen LogP contribution in [0.3, 0.4) is 0 Å². The van der Waals surface area contributed by atoms with Crippen molar-refractivity contribution in [1.29, 1.82) is 0 Å². The van der Waals surface area contributed by atoms with Crippen LogP contribution in [0.25, 0.3) is 6.08 Å². The average Bonchev–Trinajstić information content (AvgIpc) is 3.00. The van der Waals surface area contributed by atoms with Gasteiger partial charge in [0.15, 0.2) is 11.5 Å². The summed E-state index contributed by atoms with van der Waals surface area (Å²) in [6.45, 7) is 0. The first-order valence-electron chi connectivity index (χ1n) is 8.29. The topological polar surface area (TPSA) is 105 Å². The predicted molar refractivity (Wildman–Crippen MR) is 105 cm³/mol. The number of carboxylic acids is 1. The monoisotopic (exact) mass is 414 g/mol. The third kappa shape index (κ3) is 3.90. The zero-order valence-electron chi connectivity index (χ0n) is 15.8. The molecule has 0 N–H and O–H groups in total. The summed E-state index contributed by atoms with van der Waals surface area (Å²) in [5, 5.41) is 10.5. The number of carbonyl (C=O) groups is 3. The molecule has 0 aromatic heterocycles. The first-order valence-corrected chi connectivity index (χ1v) is 9.10. The van der Waals surface area contributed by atoms with E-state index in [1.54, 1.807) is 12.1 Å². The molecule has 1 heterocycles. The molecule has 1 saturated heterocycles. The molecule has 0 radical (unpaired) electrons. The minimum Gasteiger partial charge on any atom is -0.545 e. The molecular formula is C20H16NO7S-. The summed E-state index contributed by atoms with van der Waals surface area (Å²) in [5.74, 6) is -0.756. The summed E-state index contributed by atoms with van der Waals surface area (Å²) in [5.41, 5.74) is 0.589. The van der Waals surface area contributed by atoms with Gasteiger partial charge in [-0.1, -0.05) is 12.1 Å². The molecule has 9 heteroatoms. The van der Waals surface area contributed by atoms with Crippen molar-refractivity contribution in [3.63, 3.8) is 0 Å². The Hall–Kier alpha value is -3.46. The number of aromatic carboxylic acids is 1. The molecule has 0 unspecified atom stereocenters. The molecule has 150 valence electrons. The highest BCUT2D eigenvalue weighted by atomic mass is 32.2. The Balaban J connectivity index is 1.98. The summed E-state index contributed by atoms with van der Waals surface area (Å²) < 4.78 is 15.9. The Labute approximate surface area is 170 Å². The molecule has 0 bridgehead atoms. The number of hydrogen-bond acceptors (Lipinski definition) is 8. The fraction of sp³-hybridized carbons (Fsp3) is 0.150. The van der Waals surface area contributed by atoms with E-state index in [-0.39, 0.29) is 16.2 Å². The third-order valence-corrected chi connectivity index (χ3v) is 4.99. The molecule has 8 nitrogen and oxygen atoms in total. The highest BCUT2D eigenvalue weighted by Gasteiger charge is 2.36. The molecule has 0 spiro atoms. The highest BCUT2D eigenvalue weighted by molar-refractivity contribution is 8.19. The van der Waals surface area contributed by atoms with Gasteiger partial charge < -0.3 is 24.1 Å². The van der Waals surface area contributed by atoms with Crippen LogP contribution in [0.2, 0.25) is 0 Å². The molecule has 0 atom stereocenters. The number of carboxylic acid groups (broad SMARTS) is 1. The minimum absolute atomic E-state index is 0.129. The van der Waals surface area contributed by atoms with Crippen molar-refractivity contribution in [2.75, 3.05) is 26.2 Å². The molecule has 2 amide bonds. The van der Waals surface area contributed by atoms with E-state index in [4.69, 9.17) is 14.2 Å². The van der Waals surface area contributed by atoms with Crippen molar-refractivity contribution in [1.82, 2.24) is 0 Å². The van der Waals surface area contributed by atoms with Crippen LogP contribution in [0, 0.1) is 0 Å². The van der Waals surface area contributed by atoms with Crippen LogP contribution in [0.5, 0.6) is 17.2 Å². The van der Waals surface area contributed by atoms with E-state index >= 15 is 0 Å². The van der Waals surface area contributed by atoms with Gasteiger partial charge >= 0.3 is 0 Å². The van der Waals surface area contributed by atoms with E-state index in [0.29, 0.717) is 22.8 Å². The zero-order chi connectivity index (χ0) is 21.1. The second-order valence-corrected chi connectivity index (χ2v) is 6.81. The van der Waals surface area contributed by atoms with Crippen molar-refractivity contribution in [2.45, 2.75) is 0 Å². The molecule has 3 rings (SSSR count). The molecule has 2 aromatic carbocycles. The normalized spacial score (nSPS) is 15.0. The molecule has 0 saturated carbocycles. The summed E-state index contributed by atoms with van der Waals surface area (Å²) in [6.07, 6.45) is 1.53. The Morgan fingerprint density at radius 1 is 1.03 bits per heavy atom. The third-order valence-electron chi connectivity index (χ3n) is 4.12. The Bertz CT molecular complexity index is 1010. The van der Waals surface area contributed by atoms with E-state index in [2.05, 4.69) is 0 Å². The second-order valence-electron chi connectivity index (χ2n) is 5.81. The molecule has 1 aliphatic heterocycles.